The van der Waals surface area contributed by atoms with Gasteiger partial charge in [-0.05, 0) is 75.5 Å². The molecule has 4 bridgehead atoms. The van der Waals surface area contributed by atoms with Crippen molar-refractivity contribution in [3.63, 3.8) is 0 Å². The summed E-state index contributed by atoms with van der Waals surface area (Å²) in [6.45, 7) is 8.45. The van der Waals surface area contributed by atoms with Crippen molar-refractivity contribution in [1.29, 1.82) is 0 Å². The molecule has 2 N–H and O–H groups in total. The first-order valence-electron chi connectivity index (χ1n) is 9.05. The fourth-order valence-electron chi connectivity index (χ4n) is 6.29. The summed E-state index contributed by atoms with van der Waals surface area (Å²) < 4.78 is 5.66. The van der Waals surface area contributed by atoms with E-state index in [4.69, 9.17) is 10.5 Å². The van der Waals surface area contributed by atoms with Crippen LogP contribution in [0.25, 0.3) is 0 Å². The van der Waals surface area contributed by atoms with E-state index in [-0.39, 0.29) is 5.54 Å². The second-order valence-electron chi connectivity index (χ2n) is 9.20. The molecule has 0 aromatic heterocycles. The van der Waals surface area contributed by atoms with Crippen LogP contribution in [0.5, 0.6) is 0 Å². The smallest absolute Gasteiger partial charge is 0.0645 e. The van der Waals surface area contributed by atoms with Crippen LogP contribution in [0.15, 0.2) is 0 Å². The highest BCUT2D eigenvalue weighted by Gasteiger charge is 2.53. The highest BCUT2D eigenvalue weighted by Crippen LogP contribution is 2.61. The summed E-state index contributed by atoms with van der Waals surface area (Å²) in [6.07, 6.45) is 8.79. The minimum absolute atomic E-state index is 0.151. The van der Waals surface area contributed by atoms with Gasteiger partial charge in [0.1, 0.15) is 0 Å². The molecule has 1 aliphatic heterocycles. The summed E-state index contributed by atoms with van der Waals surface area (Å²) >= 11 is 0. The summed E-state index contributed by atoms with van der Waals surface area (Å²) in [6, 6.07) is 0.364. The van der Waals surface area contributed by atoms with Crippen LogP contribution < -0.4 is 5.73 Å². The van der Waals surface area contributed by atoms with Crippen LogP contribution in [-0.2, 0) is 4.74 Å². The second kappa shape index (κ2) is 4.94. The number of morpholine rings is 1. The molecule has 0 spiro atoms. The van der Waals surface area contributed by atoms with E-state index in [2.05, 4.69) is 18.7 Å². The Morgan fingerprint density at radius 2 is 1.67 bits per heavy atom. The largest absolute Gasteiger partial charge is 0.378 e. The lowest BCUT2D eigenvalue weighted by Gasteiger charge is -2.59. The van der Waals surface area contributed by atoms with E-state index < -0.39 is 0 Å². The van der Waals surface area contributed by atoms with Gasteiger partial charge in [-0.15, -0.1) is 0 Å². The molecule has 3 heteroatoms. The van der Waals surface area contributed by atoms with E-state index in [9.17, 15) is 0 Å². The lowest BCUT2D eigenvalue weighted by molar-refractivity contribution is -0.0933. The maximum absolute atomic E-state index is 6.84. The minimum Gasteiger partial charge on any atom is -0.378 e. The first kappa shape index (κ1) is 14.5. The molecule has 4 aliphatic carbocycles. The van der Waals surface area contributed by atoms with E-state index in [1.807, 2.05) is 0 Å². The first-order valence-corrected chi connectivity index (χ1v) is 9.05. The van der Waals surface area contributed by atoms with Crippen molar-refractivity contribution in [3.8, 4) is 0 Å². The maximum atomic E-state index is 6.84. The first-order chi connectivity index (χ1) is 9.97. The zero-order valence-electron chi connectivity index (χ0n) is 13.8. The zero-order chi connectivity index (χ0) is 14.7. The van der Waals surface area contributed by atoms with E-state index in [0.29, 0.717) is 11.5 Å². The van der Waals surface area contributed by atoms with Gasteiger partial charge in [-0.2, -0.15) is 0 Å². The van der Waals surface area contributed by atoms with E-state index in [0.717, 1.165) is 44.1 Å². The molecule has 0 radical (unpaired) electrons. The van der Waals surface area contributed by atoms with E-state index >= 15 is 0 Å². The Kier molecular flexibility index (Phi) is 3.40. The Morgan fingerprint density at radius 1 is 1.10 bits per heavy atom. The summed E-state index contributed by atoms with van der Waals surface area (Å²) in [4.78, 5) is 2.60. The maximum Gasteiger partial charge on any atom is 0.0645 e. The number of rotatable bonds is 3. The molecule has 0 aromatic rings. The Bertz CT molecular complexity index is 371. The highest BCUT2D eigenvalue weighted by atomic mass is 16.5. The second-order valence-corrected chi connectivity index (χ2v) is 9.20. The summed E-state index contributed by atoms with van der Waals surface area (Å²) in [7, 11) is 0. The Hall–Kier alpha value is -0.120. The van der Waals surface area contributed by atoms with Crippen LogP contribution in [0.4, 0.5) is 0 Å². The van der Waals surface area contributed by atoms with Gasteiger partial charge in [0, 0.05) is 24.7 Å². The van der Waals surface area contributed by atoms with Crippen LogP contribution in [0.1, 0.15) is 52.4 Å². The third kappa shape index (κ3) is 2.46. The van der Waals surface area contributed by atoms with Crippen molar-refractivity contribution in [2.75, 3.05) is 26.3 Å². The van der Waals surface area contributed by atoms with Crippen molar-refractivity contribution < 1.29 is 4.74 Å². The quantitative estimate of drug-likeness (QED) is 0.869. The normalized spacial score (nSPS) is 46.7. The molecule has 1 heterocycles. The zero-order valence-corrected chi connectivity index (χ0v) is 13.8. The van der Waals surface area contributed by atoms with Gasteiger partial charge in [0.25, 0.3) is 0 Å². The van der Waals surface area contributed by atoms with Crippen LogP contribution in [0.3, 0.4) is 0 Å². The van der Waals surface area contributed by atoms with Crippen molar-refractivity contribution in [1.82, 2.24) is 4.90 Å². The lowest BCUT2D eigenvalue weighted by atomic mass is 9.47. The van der Waals surface area contributed by atoms with Gasteiger partial charge in [0.05, 0.1) is 13.2 Å². The molecule has 1 atom stereocenters. The van der Waals surface area contributed by atoms with Crippen molar-refractivity contribution in [2.45, 2.75) is 64.0 Å². The van der Waals surface area contributed by atoms with Crippen molar-refractivity contribution in [2.24, 2.45) is 28.9 Å². The predicted molar refractivity (Wildman–Crippen MR) is 85.1 cm³/mol. The third-order valence-corrected chi connectivity index (χ3v) is 7.11. The Balaban J connectivity index is 1.48. The van der Waals surface area contributed by atoms with Gasteiger partial charge in [-0.1, -0.05) is 0 Å². The number of ether oxygens (including phenoxy) is 1. The van der Waals surface area contributed by atoms with Crippen LogP contribution in [-0.4, -0.2) is 42.8 Å². The van der Waals surface area contributed by atoms with Crippen LogP contribution in [0.2, 0.25) is 0 Å². The van der Waals surface area contributed by atoms with Gasteiger partial charge < -0.3 is 10.5 Å². The molecule has 1 saturated heterocycles. The number of nitrogens with zero attached hydrogens (tertiary/aromatic N) is 1. The predicted octanol–water partition coefficient (Wildman–Crippen LogP) is 2.64. The average molecular weight is 292 g/mol. The standard InChI is InChI=1S/C18H32N2O/c1-17(2)12-21-4-3-20(17)11-16(19)18-8-13-5-14(9-18)7-15(6-13)10-18/h13-16H,3-12,19H2,1-2H3. The van der Waals surface area contributed by atoms with E-state index in [1.54, 1.807) is 0 Å². The molecule has 21 heavy (non-hydrogen) atoms. The van der Waals surface area contributed by atoms with Crippen molar-refractivity contribution >= 4 is 0 Å². The number of nitrogens with two attached hydrogens (primary N) is 1. The Morgan fingerprint density at radius 3 is 2.19 bits per heavy atom. The SMILES string of the molecule is CC1(C)COCCN1CC(N)C12CC3CC(CC(C3)C1)C2. The van der Waals surface area contributed by atoms with Crippen molar-refractivity contribution in [3.05, 3.63) is 0 Å². The fourth-order valence-corrected chi connectivity index (χ4v) is 6.29. The van der Waals surface area contributed by atoms with Crippen LogP contribution >= 0.6 is 0 Å². The molecule has 5 rings (SSSR count). The Labute approximate surface area is 129 Å². The molecule has 120 valence electrons. The molecule has 1 unspecified atom stereocenters. The molecule has 0 amide bonds. The van der Waals surface area contributed by atoms with Crippen LogP contribution in [0, 0.1) is 23.2 Å². The van der Waals surface area contributed by atoms with E-state index in [1.165, 1.54) is 38.5 Å². The topological polar surface area (TPSA) is 38.5 Å². The highest BCUT2D eigenvalue weighted by molar-refractivity contribution is 5.06. The van der Waals surface area contributed by atoms with Gasteiger partial charge in [-0.3, -0.25) is 4.90 Å². The lowest BCUT2D eigenvalue weighted by Crippen LogP contribution is -2.62. The average Bonchev–Trinajstić information content (AvgIpc) is 2.39. The van der Waals surface area contributed by atoms with Gasteiger partial charge in [0.2, 0.25) is 0 Å². The molecular weight excluding hydrogens is 260 g/mol. The number of hydrogen-bond acceptors (Lipinski definition) is 3. The summed E-state index contributed by atoms with van der Waals surface area (Å²) in [5.41, 5.74) is 7.47. The minimum atomic E-state index is 0.151. The molecule has 5 aliphatic rings. The number of hydrogen-bond donors (Lipinski definition) is 1. The molecular formula is C18H32N2O. The molecule has 0 aromatic carbocycles. The fraction of sp³-hybridized carbons (Fsp3) is 1.00. The summed E-state index contributed by atoms with van der Waals surface area (Å²) in [5.74, 6) is 3.00. The molecule has 4 saturated carbocycles. The van der Waals surface area contributed by atoms with Gasteiger partial charge in [0.15, 0.2) is 0 Å². The monoisotopic (exact) mass is 292 g/mol. The molecule has 3 nitrogen and oxygen atoms in total. The van der Waals surface area contributed by atoms with Gasteiger partial charge in [-0.25, -0.2) is 0 Å². The van der Waals surface area contributed by atoms with Gasteiger partial charge >= 0.3 is 0 Å². The summed E-state index contributed by atoms with van der Waals surface area (Å²) in [5, 5.41) is 0. The third-order valence-electron chi connectivity index (χ3n) is 7.11. The molecule has 5 fully saturated rings.